The lowest BCUT2D eigenvalue weighted by molar-refractivity contribution is -0.145. The lowest BCUT2D eigenvalue weighted by atomic mass is 9.64. The fourth-order valence-corrected chi connectivity index (χ4v) is 5.17. The quantitative estimate of drug-likeness (QED) is 0.209. The molecule has 1 fully saturated rings. The van der Waals surface area contributed by atoms with Crippen molar-refractivity contribution in [1.29, 1.82) is 0 Å². The van der Waals surface area contributed by atoms with Crippen LogP contribution in [0.4, 0.5) is 0 Å². The molecule has 0 spiro atoms. The van der Waals surface area contributed by atoms with E-state index in [1.165, 1.54) is 30.4 Å². The summed E-state index contributed by atoms with van der Waals surface area (Å²) in [4.78, 5) is 85.0. The van der Waals surface area contributed by atoms with E-state index in [9.17, 15) is 33.9 Å². The molecule has 0 saturated carbocycles. The summed E-state index contributed by atoms with van der Waals surface area (Å²) >= 11 is 0. The molecule has 1 unspecified atom stereocenters. The largest absolute Gasteiger partial charge is 0.602 e. The molecule has 3 rings (SSSR count). The number of carboxylic acid groups (broad SMARTS) is 1. The number of ketones is 2. The molecule has 246 valence electrons. The summed E-state index contributed by atoms with van der Waals surface area (Å²) in [5.41, 5.74) is 0.846. The number of hydrogen-bond donors (Lipinski definition) is 3. The lowest BCUT2D eigenvalue weighted by Crippen LogP contribution is -2.51. The lowest BCUT2D eigenvalue weighted by Gasteiger charge is -2.30. The topological polar surface area (TPSA) is 194 Å². The Bertz CT molecular complexity index is 1350. The van der Waals surface area contributed by atoms with E-state index < -0.39 is 55.4 Å². The van der Waals surface area contributed by atoms with Crippen LogP contribution >= 0.6 is 0 Å². The Balaban J connectivity index is 1.79. The third kappa shape index (κ3) is 12.1. The zero-order chi connectivity index (χ0) is 33.6. The molecule has 46 heavy (non-hydrogen) atoms. The second kappa shape index (κ2) is 17.9. The summed E-state index contributed by atoms with van der Waals surface area (Å²) in [7, 11) is -1.38. The molecule has 1 aliphatic heterocycles. The van der Waals surface area contributed by atoms with Crippen LogP contribution in [0, 0.1) is 5.92 Å². The van der Waals surface area contributed by atoms with Crippen molar-refractivity contribution in [2.45, 2.75) is 64.4 Å². The Kier molecular flexibility index (Phi) is 14.0. The van der Waals surface area contributed by atoms with Crippen LogP contribution in [-0.4, -0.2) is 101 Å². The van der Waals surface area contributed by atoms with Gasteiger partial charge >= 0.3 is 25.0 Å². The first kappa shape index (κ1) is 36.0. The molecule has 1 amide bonds. The van der Waals surface area contributed by atoms with Gasteiger partial charge in [-0.25, -0.2) is 4.98 Å². The average molecular weight is 637 g/mol. The predicted molar refractivity (Wildman–Crippen MR) is 165 cm³/mol. The molecule has 0 bridgehead atoms. The van der Waals surface area contributed by atoms with Crippen LogP contribution in [0.15, 0.2) is 48.9 Å². The van der Waals surface area contributed by atoms with Crippen LogP contribution in [0.1, 0.15) is 56.1 Å². The van der Waals surface area contributed by atoms with Crippen LogP contribution in [0.2, 0.25) is 5.82 Å². The zero-order valence-corrected chi connectivity index (χ0v) is 26.2. The fourth-order valence-electron chi connectivity index (χ4n) is 5.17. The summed E-state index contributed by atoms with van der Waals surface area (Å²) in [5.74, 6) is -4.46. The number of nitrogens with zero attached hydrogens (tertiary/aromatic N) is 3. The molecule has 1 saturated heterocycles. The van der Waals surface area contributed by atoms with Gasteiger partial charge in [-0.1, -0.05) is 44.2 Å². The van der Waals surface area contributed by atoms with Crippen molar-refractivity contribution >= 4 is 42.5 Å². The highest BCUT2D eigenvalue weighted by Gasteiger charge is 2.43. The molecular weight excluding hydrogens is 597 g/mol. The van der Waals surface area contributed by atoms with Gasteiger partial charge in [-0.3, -0.25) is 44.0 Å². The molecule has 14 nitrogen and oxygen atoms in total. The van der Waals surface area contributed by atoms with E-state index in [2.05, 4.69) is 20.6 Å². The van der Waals surface area contributed by atoms with Gasteiger partial charge in [0.1, 0.15) is 17.5 Å². The molecule has 3 atom stereocenters. The van der Waals surface area contributed by atoms with Gasteiger partial charge in [-0.05, 0) is 37.7 Å². The van der Waals surface area contributed by atoms with Gasteiger partial charge in [0.2, 0.25) is 0 Å². The third-order valence-corrected chi connectivity index (χ3v) is 7.19. The minimum absolute atomic E-state index is 0.0208. The Labute approximate surface area is 267 Å². The number of aliphatic carboxylic acids is 1. The average Bonchev–Trinajstić information content (AvgIpc) is 2.99. The normalized spacial score (nSPS) is 16.5. The highest BCUT2D eigenvalue weighted by atomic mass is 16.6. The van der Waals surface area contributed by atoms with Crippen molar-refractivity contribution in [3.8, 4) is 0 Å². The standard InChI is InChI=1S/C31H40BN5O9/c1-20(2)13-23(15-27(39)25(14-22-7-5-4-6-8-22)36-30(43)26-16-33-10-11-34-26)32-45-29(42)17-35-24(31(44)46-32)9-12-37(18-21(3)38)19-28(40)41/h4-8,10-11,16,20,23-25,35H,9,12-15,17-19H2,1-3H3,(H,36,43)(H,40,41)/t23-,24?,25+/m1/s1. The minimum Gasteiger partial charge on any atom is -0.498 e. The minimum atomic E-state index is -1.38. The number of amides is 1. The van der Waals surface area contributed by atoms with Gasteiger partial charge in [0.25, 0.3) is 5.91 Å². The first-order valence-electron chi connectivity index (χ1n) is 15.1. The van der Waals surface area contributed by atoms with E-state index in [1.807, 2.05) is 44.2 Å². The van der Waals surface area contributed by atoms with Gasteiger partial charge in [0.15, 0.2) is 5.78 Å². The van der Waals surface area contributed by atoms with Gasteiger partial charge in [0.05, 0.1) is 31.9 Å². The molecule has 2 aromatic rings. The SMILES string of the molecule is CC(=O)CN(CCC1NCC(=O)OB([C@@H](CC(=O)[C@H](Cc2ccccc2)NC(=O)c2cnccn2)CC(C)C)OC1=O)CC(=O)O. The number of carboxylic acids is 1. The maximum Gasteiger partial charge on any atom is 0.602 e. The van der Waals surface area contributed by atoms with Gasteiger partial charge in [-0.2, -0.15) is 0 Å². The summed E-state index contributed by atoms with van der Waals surface area (Å²) in [5, 5.41) is 14.7. The number of rotatable bonds is 17. The Hall–Kier alpha value is -4.50. The third-order valence-electron chi connectivity index (χ3n) is 7.19. The summed E-state index contributed by atoms with van der Waals surface area (Å²) in [6.45, 7) is 4.39. The van der Waals surface area contributed by atoms with E-state index in [0.29, 0.717) is 6.42 Å². The van der Waals surface area contributed by atoms with Crippen molar-refractivity contribution in [2.75, 3.05) is 26.2 Å². The zero-order valence-electron chi connectivity index (χ0n) is 26.2. The Morgan fingerprint density at radius 1 is 1.11 bits per heavy atom. The Morgan fingerprint density at radius 2 is 1.85 bits per heavy atom. The first-order chi connectivity index (χ1) is 21.9. The van der Waals surface area contributed by atoms with Crippen molar-refractivity contribution in [3.05, 3.63) is 60.2 Å². The molecular formula is C31H40BN5O9. The molecule has 1 aromatic heterocycles. The van der Waals surface area contributed by atoms with Gasteiger partial charge < -0.3 is 19.7 Å². The van der Waals surface area contributed by atoms with Crippen molar-refractivity contribution in [3.63, 3.8) is 0 Å². The van der Waals surface area contributed by atoms with E-state index in [0.717, 1.165) is 5.56 Å². The smallest absolute Gasteiger partial charge is 0.498 e. The summed E-state index contributed by atoms with van der Waals surface area (Å²) < 4.78 is 11.2. The van der Waals surface area contributed by atoms with Gasteiger partial charge in [0, 0.05) is 31.2 Å². The van der Waals surface area contributed by atoms with Crippen molar-refractivity contribution in [1.82, 2.24) is 25.5 Å². The molecule has 15 heteroatoms. The second-order valence-corrected chi connectivity index (χ2v) is 11.7. The van der Waals surface area contributed by atoms with E-state index in [-0.39, 0.29) is 62.1 Å². The van der Waals surface area contributed by atoms with Crippen LogP contribution in [0.5, 0.6) is 0 Å². The van der Waals surface area contributed by atoms with Crippen LogP contribution in [-0.2, 0) is 39.7 Å². The molecule has 1 aliphatic rings. The number of benzene rings is 1. The molecule has 2 heterocycles. The van der Waals surface area contributed by atoms with E-state index in [4.69, 9.17) is 9.31 Å². The number of Topliss-reactive ketones (excluding diaryl/α,β-unsaturated/α-hetero) is 2. The van der Waals surface area contributed by atoms with Crippen LogP contribution < -0.4 is 10.6 Å². The number of nitrogens with one attached hydrogen (secondary N) is 2. The highest BCUT2D eigenvalue weighted by Crippen LogP contribution is 2.29. The summed E-state index contributed by atoms with van der Waals surface area (Å²) in [6, 6.07) is 7.18. The van der Waals surface area contributed by atoms with Crippen LogP contribution in [0.25, 0.3) is 0 Å². The van der Waals surface area contributed by atoms with Crippen molar-refractivity contribution in [2.24, 2.45) is 5.92 Å². The highest BCUT2D eigenvalue weighted by molar-refractivity contribution is 6.51. The number of hydrogen-bond acceptors (Lipinski definition) is 12. The monoisotopic (exact) mass is 637 g/mol. The first-order valence-corrected chi connectivity index (χ1v) is 15.1. The van der Waals surface area contributed by atoms with E-state index >= 15 is 0 Å². The second-order valence-electron chi connectivity index (χ2n) is 11.7. The molecule has 0 aliphatic carbocycles. The number of carbonyl (C=O) groups is 6. The summed E-state index contributed by atoms with van der Waals surface area (Å²) in [6.07, 6.45) is 4.51. The van der Waals surface area contributed by atoms with E-state index in [1.54, 1.807) is 0 Å². The Morgan fingerprint density at radius 3 is 2.48 bits per heavy atom. The van der Waals surface area contributed by atoms with Crippen LogP contribution in [0.3, 0.4) is 0 Å². The molecule has 0 radical (unpaired) electrons. The molecule has 3 N–H and O–H groups in total. The predicted octanol–water partition coefficient (Wildman–Crippen LogP) is 1.11. The van der Waals surface area contributed by atoms with Gasteiger partial charge in [-0.15, -0.1) is 0 Å². The van der Waals surface area contributed by atoms with Crippen molar-refractivity contribution < 1.29 is 43.2 Å². The number of aromatic nitrogens is 2. The fraction of sp³-hybridized carbons (Fsp3) is 0.484. The number of carbonyl (C=O) groups excluding carboxylic acids is 5. The maximum atomic E-state index is 13.9. The maximum absolute atomic E-state index is 13.9. The molecule has 1 aromatic carbocycles.